The zero-order valence-corrected chi connectivity index (χ0v) is 52.5. The fourth-order valence-corrected chi connectivity index (χ4v) is 11.4. The molecule has 6 heteroatoms. The molecule has 1 amide bonds. The Labute approximate surface area is 482 Å². The van der Waals surface area contributed by atoms with Gasteiger partial charge >= 0.3 is 5.97 Å². The second-order valence-electron chi connectivity index (χ2n) is 24.6. The molecule has 0 aromatic carbocycles. The quantitative estimate of drug-likeness (QED) is 0.0320. The Morgan fingerprint density at radius 2 is 0.610 bits per heavy atom. The molecule has 0 aromatic rings. The highest BCUT2D eigenvalue weighted by Gasteiger charge is 2.20. The molecule has 0 aliphatic carbocycles. The highest BCUT2D eigenvalue weighted by molar-refractivity contribution is 5.76. The lowest BCUT2D eigenvalue weighted by molar-refractivity contribution is -0.143. The van der Waals surface area contributed by atoms with E-state index in [2.05, 4.69) is 31.3 Å². The van der Waals surface area contributed by atoms with Gasteiger partial charge in [0.25, 0.3) is 0 Å². The number of aliphatic hydroxyl groups excluding tert-OH is 2. The summed E-state index contributed by atoms with van der Waals surface area (Å²) in [5, 5.41) is 23.3. The van der Waals surface area contributed by atoms with E-state index < -0.39 is 12.1 Å². The molecule has 77 heavy (non-hydrogen) atoms. The average molecular weight is 1090 g/mol. The zero-order valence-electron chi connectivity index (χ0n) is 52.5. The van der Waals surface area contributed by atoms with E-state index in [1.54, 1.807) is 0 Å². The van der Waals surface area contributed by atoms with Crippen molar-refractivity contribution in [3.05, 3.63) is 12.2 Å². The normalized spacial score (nSPS) is 12.5. The lowest BCUT2D eigenvalue weighted by Crippen LogP contribution is -2.45. The SMILES string of the molecule is CCCCCCCCCCCCCCCCCCCCCC(=O)OCCCCCCCCCCCCCC/C=C\CCCCCCCCCCCCCC(=O)NC(CO)C(O)CCCCCCCCCCCCCCCC. The van der Waals surface area contributed by atoms with Crippen LogP contribution >= 0.6 is 0 Å². The Kier molecular flexibility index (Phi) is 65.9. The molecule has 0 bridgehead atoms. The van der Waals surface area contributed by atoms with E-state index >= 15 is 0 Å². The van der Waals surface area contributed by atoms with Crippen molar-refractivity contribution in [3.8, 4) is 0 Å². The van der Waals surface area contributed by atoms with Crippen molar-refractivity contribution in [2.24, 2.45) is 0 Å². The first kappa shape index (κ1) is 75.6. The zero-order chi connectivity index (χ0) is 55.7. The van der Waals surface area contributed by atoms with Crippen LogP contribution < -0.4 is 5.32 Å². The van der Waals surface area contributed by atoms with Crippen molar-refractivity contribution in [2.75, 3.05) is 13.2 Å². The maximum atomic E-state index is 12.5. The third kappa shape index (κ3) is 63.6. The molecule has 0 rings (SSSR count). The highest BCUT2D eigenvalue weighted by atomic mass is 16.5. The Bertz CT molecular complexity index is 1160. The van der Waals surface area contributed by atoms with Crippen LogP contribution in [0.3, 0.4) is 0 Å². The molecule has 0 saturated carbocycles. The molecule has 6 nitrogen and oxygen atoms in total. The Morgan fingerprint density at radius 1 is 0.351 bits per heavy atom. The number of nitrogens with one attached hydrogen (secondary N) is 1. The third-order valence-corrected chi connectivity index (χ3v) is 16.8. The van der Waals surface area contributed by atoms with E-state index in [0.29, 0.717) is 25.9 Å². The molecule has 3 N–H and O–H groups in total. The van der Waals surface area contributed by atoms with Gasteiger partial charge in [-0.05, 0) is 51.4 Å². The van der Waals surface area contributed by atoms with Gasteiger partial charge in [-0.15, -0.1) is 0 Å². The topological polar surface area (TPSA) is 95.9 Å². The van der Waals surface area contributed by atoms with Crippen LogP contribution in [0, 0.1) is 0 Å². The summed E-state index contributed by atoms with van der Waals surface area (Å²) < 4.78 is 5.51. The number of esters is 1. The van der Waals surface area contributed by atoms with Gasteiger partial charge in [-0.2, -0.15) is 0 Å². The Balaban J connectivity index is 3.34. The van der Waals surface area contributed by atoms with E-state index in [1.165, 1.54) is 334 Å². The van der Waals surface area contributed by atoms with Crippen LogP contribution in [0.25, 0.3) is 0 Å². The second-order valence-corrected chi connectivity index (χ2v) is 24.6. The molecular weight excluding hydrogens is 947 g/mol. The van der Waals surface area contributed by atoms with Gasteiger partial charge in [0.05, 0.1) is 25.4 Å². The van der Waals surface area contributed by atoms with Gasteiger partial charge < -0.3 is 20.3 Å². The van der Waals surface area contributed by atoms with Gasteiger partial charge in [-0.1, -0.05) is 353 Å². The second kappa shape index (κ2) is 67.1. The van der Waals surface area contributed by atoms with Crippen molar-refractivity contribution in [2.45, 2.75) is 418 Å². The molecule has 0 spiro atoms. The summed E-state index contributed by atoms with van der Waals surface area (Å²) in [5.41, 5.74) is 0. The summed E-state index contributed by atoms with van der Waals surface area (Å²) in [6.45, 7) is 4.99. The number of amides is 1. The number of aliphatic hydroxyl groups is 2. The number of hydrogen-bond acceptors (Lipinski definition) is 5. The maximum absolute atomic E-state index is 12.5. The minimum atomic E-state index is -0.664. The standard InChI is InChI=1S/C71H139NO5/c1-3-5-7-9-11-13-15-17-19-20-30-34-37-41-45-49-53-57-61-65-71(76)77-66-62-58-54-50-46-42-38-35-32-29-27-25-23-21-22-24-26-28-31-33-36-40-44-48-52-56-60-64-70(75)72-68(67-73)69(74)63-59-55-51-47-43-39-18-16-14-12-10-8-6-4-2/h21-22,68-69,73-74H,3-20,23-67H2,1-2H3,(H,72,75)/b22-21-. The molecule has 2 unspecified atom stereocenters. The lowest BCUT2D eigenvalue weighted by Gasteiger charge is -2.22. The molecule has 0 aromatic heterocycles. The first-order chi connectivity index (χ1) is 38.0. The van der Waals surface area contributed by atoms with Crippen LogP contribution in [-0.2, 0) is 14.3 Å². The van der Waals surface area contributed by atoms with Gasteiger partial charge in [0.1, 0.15) is 0 Å². The van der Waals surface area contributed by atoms with E-state index in [9.17, 15) is 19.8 Å². The average Bonchev–Trinajstić information content (AvgIpc) is 3.43. The minimum Gasteiger partial charge on any atom is -0.466 e. The van der Waals surface area contributed by atoms with Crippen molar-refractivity contribution in [1.82, 2.24) is 5.32 Å². The number of hydrogen-bond donors (Lipinski definition) is 3. The molecule has 458 valence electrons. The van der Waals surface area contributed by atoms with Crippen LogP contribution in [0.5, 0.6) is 0 Å². The summed E-state index contributed by atoms with van der Waals surface area (Å²) in [7, 11) is 0. The van der Waals surface area contributed by atoms with Crippen molar-refractivity contribution < 1.29 is 24.5 Å². The molecule has 0 aliphatic rings. The maximum Gasteiger partial charge on any atom is 0.305 e. The van der Waals surface area contributed by atoms with Crippen molar-refractivity contribution in [3.63, 3.8) is 0 Å². The van der Waals surface area contributed by atoms with E-state index in [0.717, 1.165) is 38.5 Å². The van der Waals surface area contributed by atoms with E-state index in [1.807, 2.05) is 0 Å². The smallest absolute Gasteiger partial charge is 0.305 e. The van der Waals surface area contributed by atoms with E-state index in [-0.39, 0.29) is 18.5 Å². The number of rotatable bonds is 67. The van der Waals surface area contributed by atoms with Crippen molar-refractivity contribution >= 4 is 11.9 Å². The van der Waals surface area contributed by atoms with Crippen LogP contribution in [0.1, 0.15) is 406 Å². The van der Waals surface area contributed by atoms with Crippen LogP contribution in [-0.4, -0.2) is 47.4 Å². The number of carbonyl (C=O) groups excluding carboxylic acids is 2. The van der Waals surface area contributed by atoms with E-state index in [4.69, 9.17) is 4.74 Å². The largest absolute Gasteiger partial charge is 0.466 e. The molecule has 0 aliphatic heterocycles. The first-order valence-corrected chi connectivity index (χ1v) is 35.4. The summed E-state index contributed by atoms with van der Waals surface area (Å²) >= 11 is 0. The van der Waals surface area contributed by atoms with Crippen LogP contribution in [0.4, 0.5) is 0 Å². The summed E-state index contributed by atoms with van der Waals surface area (Å²) in [6.07, 6.45) is 82.6. The van der Waals surface area contributed by atoms with Gasteiger partial charge in [-0.3, -0.25) is 9.59 Å². The van der Waals surface area contributed by atoms with Gasteiger partial charge in [-0.25, -0.2) is 0 Å². The molecule has 0 heterocycles. The number of unbranched alkanes of at least 4 members (excludes halogenated alkanes) is 54. The predicted molar refractivity (Wildman–Crippen MR) is 338 cm³/mol. The van der Waals surface area contributed by atoms with Crippen molar-refractivity contribution in [1.29, 1.82) is 0 Å². The van der Waals surface area contributed by atoms with Gasteiger partial charge in [0.15, 0.2) is 0 Å². The Morgan fingerprint density at radius 3 is 0.922 bits per heavy atom. The number of carbonyl (C=O) groups is 2. The first-order valence-electron chi connectivity index (χ1n) is 35.4. The monoisotopic (exact) mass is 1090 g/mol. The molecule has 0 fully saturated rings. The highest BCUT2D eigenvalue weighted by Crippen LogP contribution is 2.19. The van der Waals surface area contributed by atoms with Gasteiger partial charge in [0, 0.05) is 12.8 Å². The molecule has 0 radical (unpaired) electrons. The fourth-order valence-electron chi connectivity index (χ4n) is 11.4. The molecular formula is C71H139NO5. The summed E-state index contributed by atoms with van der Waals surface area (Å²) in [5.74, 6) is -0.0121. The predicted octanol–water partition coefficient (Wildman–Crippen LogP) is 22.8. The summed E-state index contributed by atoms with van der Waals surface area (Å²) in [6, 6.07) is -0.541. The lowest BCUT2D eigenvalue weighted by atomic mass is 10.0. The Hall–Kier alpha value is -1.40. The third-order valence-electron chi connectivity index (χ3n) is 16.8. The number of allylic oxidation sites excluding steroid dienone is 2. The minimum absolute atomic E-state index is 0.0209. The molecule has 0 saturated heterocycles. The van der Waals surface area contributed by atoms with Crippen LogP contribution in [0.2, 0.25) is 0 Å². The van der Waals surface area contributed by atoms with Gasteiger partial charge in [0.2, 0.25) is 5.91 Å². The van der Waals surface area contributed by atoms with Crippen LogP contribution in [0.15, 0.2) is 12.2 Å². The number of ether oxygens (including phenoxy) is 1. The fraction of sp³-hybridized carbons (Fsp3) is 0.944. The summed E-state index contributed by atoms with van der Waals surface area (Å²) in [4.78, 5) is 24.6. The molecule has 2 atom stereocenters.